The Kier molecular flexibility index (Phi) is 7.31. The molecule has 5 aromatic rings. The zero-order chi connectivity index (χ0) is 30.4. The van der Waals surface area contributed by atoms with Crippen LogP contribution in [0.2, 0.25) is 0 Å². The highest BCUT2D eigenvalue weighted by molar-refractivity contribution is 9.10. The molecule has 0 aliphatic carbocycles. The molecule has 1 atom stereocenters. The smallest absolute Gasteiger partial charge is 0.338 e. The van der Waals surface area contributed by atoms with E-state index in [1.807, 2.05) is 73.7 Å². The van der Waals surface area contributed by atoms with Crippen molar-refractivity contribution in [2.24, 2.45) is 4.99 Å². The maximum Gasteiger partial charge on any atom is 0.338 e. The van der Waals surface area contributed by atoms with Crippen LogP contribution in [0.15, 0.2) is 103 Å². The monoisotopic (exact) mass is 668 g/mol. The van der Waals surface area contributed by atoms with Crippen LogP contribution < -0.4 is 24.4 Å². The summed E-state index contributed by atoms with van der Waals surface area (Å²) in [5.74, 6) is 1.78. The molecule has 2 aliphatic rings. The van der Waals surface area contributed by atoms with Gasteiger partial charge in [-0.15, -0.1) is 0 Å². The van der Waals surface area contributed by atoms with Crippen molar-refractivity contribution in [2.45, 2.75) is 19.9 Å². The number of aromatic nitrogens is 1. The van der Waals surface area contributed by atoms with Crippen LogP contribution in [0.5, 0.6) is 11.5 Å². The Balaban J connectivity index is 1.43. The van der Waals surface area contributed by atoms with Crippen LogP contribution in [-0.2, 0) is 9.53 Å². The lowest BCUT2D eigenvalue weighted by atomic mass is 9.93. The molecule has 0 radical (unpaired) electrons. The molecule has 0 bridgehead atoms. The molecule has 1 unspecified atom stereocenters. The molecule has 10 heteroatoms. The molecule has 3 aromatic carbocycles. The lowest BCUT2D eigenvalue weighted by molar-refractivity contribution is -0.138. The number of ether oxygens (including phenoxy) is 3. The SMILES string of the molecule is CCOC(=O)C1=C(c2ccccc2)N=c2sc(=Cc3ccc(-c4ccc(C)cc4Br)o3)c(=O)n2C1c1ccc2c(c1)OCO2. The fourth-order valence-electron chi connectivity index (χ4n) is 5.36. The van der Waals surface area contributed by atoms with E-state index in [1.165, 1.54) is 11.3 Å². The third kappa shape index (κ3) is 4.99. The summed E-state index contributed by atoms with van der Waals surface area (Å²) in [5.41, 5.74) is 3.84. The van der Waals surface area contributed by atoms with Crippen LogP contribution in [0.4, 0.5) is 0 Å². The number of aryl methyl sites for hydroxylation is 1. The number of nitrogens with zero attached hydrogens (tertiary/aromatic N) is 2. The van der Waals surface area contributed by atoms with Gasteiger partial charge >= 0.3 is 5.97 Å². The Labute approximate surface area is 264 Å². The van der Waals surface area contributed by atoms with Crippen LogP contribution in [0.25, 0.3) is 23.1 Å². The van der Waals surface area contributed by atoms with Crippen LogP contribution in [0.1, 0.15) is 35.4 Å². The van der Waals surface area contributed by atoms with Gasteiger partial charge in [-0.25, -0.2) is 9.79 Å². The number of benzene rings is 3. The van der Waals surface area contributed by atoms with Crippen LogP contribution >= 0.6 is 27.3 Å². The Morgan fingerprint density at radius 1 is 1.07 bits per heavy atom. The quantitative estimate of drug-likeness (QED) is 0.206. The number of hydrogen-bond acceptors (Lipinski definition) is 8. The van der Waals surface area contributed by atoms with Gasteiger partial charge in [0.15, 0.2) is 16.3 Å². The maximum atomic E-state index is 14.2. The van der Waals surface area contributed by atoms with Gasteiger partial charge in [-0.1, -0.05) is 69.7 Å². The summed E-state index contributed by atoms with van der Waals surface area (Å²) in [7, 11) is 0. The minimum absolute atomic E-state index is 0.0989. The summed E-state index contributed by atoms with van der Waals surface area (Å²) in [6.45, 7) is 4.04. The zero-order valence-electron chi connectivity index (χ0n) is 23.7. The number of fused-ring (bicyclic) bond motifs is 2. The van der Waals surface area contributed by atoms with E-state index in [9.17, 15) is 9.59 Å². The minimum Gasteiger partial charge on any atom is -0.463 e. The van der Waals surface area contributed by atoms with Crippen molar-refractivity contribution in [3.8, 4) is 22.8 Å². The first-order valence-electron chi connectivity index (χ1n) is 14.0. The highest BCUT2D eigenvalue weighted by Crippen LogP contribution is 2.40. The number of halogens is 1. The van der Waals surface area contributed by atoms with Gasteiger partial charge in [-0.05, 0) is 61.4 Å². The second-order valence-corrected chi connectivity index (χ2v) is 12.1. The largest absolute Gasteiger partial charge is 0.463 e. The van der Waals surface area contributed by atoms with Gasteiger partial charge < -0.3 is 18.6 Å². The van der Waals surface area contributed by atoms with Gasteiger partial charge in [0.2, 0.25) is 6.79 Å². The first-order valence-corrected chi connectivity index (χ1v) is 15.6. The van der Waals surface area contributed by atoms with Crippen LogP contribution in [0.3, 0.4) is 0 Å². The molecule has 4 heterocycles. The normalized spacial score (nSPS) is 15.7. The number of thiazole rings is 1. The summed E-state index contributed by atoms with van der Waals surface area (Å²) in [4.78, 5) is 33.2. The molecule has 2 aliphatic heterocycles. The van der Waals surface area contributed by atoms with Gasteiger partial charge in [0.25, 0.3) is 5.56 Å². The molecule has 0 fully saturated rings. The summed E-state index contributed by atoms with van der Waals surface area (Å²) in [6, 6.07) is 23.8. The fraction of sp³-hybridized carbons (Fsp3) is 0.147. The third-order valence-corrected chi connectivity index (χ3v) is 9.02. The zero-order valence-corrected chi connectivity index (χ0v) is 26.1. The molecule has 0 amide bonds. The number of furan rings is 1. The Morgan fingerprint density at radius 3 is 2.68 bits per heavy atom. The first-order chi connectivity index (χ1) is 21.4. The predicted molar refractivity (Wildman–Crippen MR) is 170 cm³/mol. The highest BCUT2D eigenvalue weighted by Gasteiger charge is 2.36. The van der Waals surface area contributed by atoms with E-state index < -0.39 is 12.0 Å². The lowest BCUT2D eigenvalue weighted by Gasteiger charge is -2.26. The van der Waals surface area contributed by atoms with Gasteiger partial charge in [0, 0.05) is 21.7 Å². The van der Waals surface area contributed by atoms with Crippen molar-refractivity contribution in [1.29, 1.82) is 0 Å². The Hall–Kier alpha value is -4.67. The topological polar surface area (TPSA) is 92.3 Å². The Bertz CT molecular complexity index is 2140. The number of carbonyl (C=O) groups excluding carboxylic acids is 1. The molecular weight excluding hydrogens is 644 g/mol. The van der Waals surface area contributed by atoms with Gasteiger partial charge in [0.1, 0.15) is 11.5 Å². The molecule has 8 nitrogen and oxygen atoms in total. The van der Waals surface area contributed by atoms with Crippen molar-refractivity contribution >= 4 is 45.0 Å². The molecule has 44 heavy (non-hydrogen) atoms. The van der Waals surface area contributed by atoms with Crippen LogP contribution in [-0.4, -0.2) is 23.9 Å². The number of carbonyl (C=O) groups is 1. The second kappa shape index (κ2) is 11.4. The summed E-state index contributed by atoms with van der Waals surface area (Å²) >= 11 is 4.85. The summed E-state index contributed by atoms with van der Waals surface area (Å²) < 4.78 is 25.8. The summed E-state index contributed by atoms with van der Waals surface area (Å²) in [5, 5.41) is 0. The molecule has 0 saturated carbocycles. The van der Waals surface area contributed by atoms with Crippen molar-refractivity contribution in [3.05, 3.63) is 131 Å². The van der Waals surface area contributed by atoms with Crippen LogP contribution in [0, 0.1) is 6.92 Å². The molecule has 0 N–H and O–H groups in total. The van der Waals surface area contributed by atoms with Gasteiger partial charge in [-0.2, -0.15) is 0 Å². The average molecular weight is 670 g/mol. The van der Waals surface area contributed by atoms with E-state index in [0.29, 0.717) is 43.6 Å². The van der Waals surface area contributed by atoms with Crippen molar-refractivity contribution in [1.82, 2.24) is 4.57 Å². The molecule has 0 spiro atoms. The van der Waals surface area contributed by atoms with Gasteiger partial charge in [-0.3, -0.25) is 9.36 Å². The molecular formula is C34H25BrN2O6S. The molecule has 220 valence electrons. The van der Waals surface area contributed by atoms with E-state index in [0.717, 1.165) is 21.2 Å². The number of hydrogen-bond donors (Lipinski definition) is 0. The number of esters is 1. The predicted octanol–water partition coefficient (Wildman–Crippen LogP) is 6.00. The van der Waals surface area contributed by atoms with E-state index in [-0.39, 0.29) is 24.5 Å². The van der Waals surface area contributed by atoms with E-state index in [2.05, 4.69) is 15.9 Å². The van der Waals surface area contributed by atoms with Crippen molar-refractivity contribution < 1.29 is 23.4 Å². The molecule has 0 saturated heterocycles. The van der Waals surface area contributed by atoms with Crippen molar-refractivity contribution in [2.75, 3.05) is 13.4 Å². The van der Waals surface area contributed by atoms with E-state index >= 15 is 0 Å². The first kappa shape index (κ1) is 28.1. The molecule has 7 rings (SSSR count). The van der Waals surface area contributed by atoms with E-state index in [1.54, 1.807) is 29.7 Å². The van der Waals surface area contributed by atoms with Gasteiger partial charge in [0.05, 0.1) is 28.5 Å². The highest BCUT2D eigenvalue weighted by atomic mass is 79.9. The summed E-state index contributed by atoms with van der Waals surface area (Å²) in [6.07, 6.45) is 1.71. The standard InChI is InChI=1S/C34H25BrN2O6S/c1-3-40-33(39)29-30(20-7-5-4-6-8-20)36-34-37(31(29)21-10-13-26-27(16-21)42-18-41-26)32(38)28(44-34)17-22-11-14-25(43-22)23-12-9-19(2)15-24(23)35/h4-17,31H,3,18H2,1-2H3. The average Bonchev–Trinajstić information content (AvgIpc) is 3.76. The number of rotatable bonds is 6. The fourth-order valence-corrected chi connectivity index (χ4v) is 7.03. The lowest BCUT2D eigenvalue weighted by Crippen LogP contribution is -2.40. The maximum absolute atomic E-state index is 14.2. The molecule has 2 aromatic heterocycles. The second-order valence-electron chi connectivity index (χ2n) is 10.2. The minimum atomic E-state index is -0.826. The van der Waals surface area contributed by atoms with E-state index in [4.69, 9.17) is 23.6 Å². The van der Waals surface area contributed by atoms with Crippen molar-refractivity contribution in [3.63, 3.8) is 0 Å². The third-order valence-electron chi connectivity index (χ3n) is 7.38. The Morgan fingerprint density at radius 2 is 1.89 bits per heavy atom.